The summed E-state index contributed by atoms with van der Waals surface area (Å²) in [6.45, 7) is 8.20. The molecule has 0 aromatic heterocycles. The largest absolute Gasteiger partial charge is 0.457 e. The smallest absolute Gasteiger partial charge is 0.336 e. The third kappa shape index (κ3) is 9.23. The lowest BCUT2D eigenvalue weighted by atomic mass is 9.99. The first-order valence-electron chi connectivity index (χ1n) is 15.3. The molecule has 0 heterocycles. The molecular weight excluding hydrogens is 640 g/mol. The molecule has 0 spiro atoms. The Labute approximate surface area is 288 Å². The number of carbonyl (C=O) groups excluding carboxylic acids is 4. The molecule has 5 rings (SSSR count). The van der Waals surface area contributed by atoms with Gasteiger partial charge in [0, 0.05) is 30.2 Å². The second-order valence-corrected chi connectivity index (χ2v) is 10.7. The first kappa shape index (κ1) is 34.6. The minimum Gasteiger partial charge on any atom is -0.457 e. The van der Waals surface area contributed by atoms with Crippen molar-refractivity contribution in [2.45, 2.75) is 12.8 Å². The molecule has 0 radical (unpaired) electrons. The van der Waals surface area contributed by atoms with E-state index in [0.717, 1.165) is 45.5 Å². The highest BCUT2D eigenvalue weighted by Gasteiger charge is 2.27. The van der Waals surface area contributed by atoms with E-state index in [1.54, 1.807) is 72.8 Å². The minimum atomic E-state index is -0.580. The molecule has 0 bridgehead atoms. The fourth-order valence-corrected chi connectivity index (χ4v) is 4.99. The van der Waals surface area contributed by atoms with Gasteiger partial charge in [-0.25, -0.2) is 19.2 Å². The van der Waals surface area contributed by atoms with Gasteiger partial charge in [0.2, 0.25) is 13.6 Å². The number of benzene rings is 4. The third-order valence-electron chi connectivity index (χ3n) is 7.48. The van der Waals surface area contributed by atoms with Crippen LogP contribution in [-0.4, -0.2) is 37.5 Å². The Hall–Kier alpha value is -6.68. The Bertz CT molecular complexity index is 1830. The van der Waals surface area contributed by atoms with Crippen molar-refractivity contribution in [1.82, 2.24) is 0 Å². The number of fused-ring (bicyclic) bond motifs is 3. The second-order valence-electron chi connectivity index (χ2n) is 10.7. The van der Waals surface area contributed by atoms with Crippen LogP contribution in [-0.2, 0) is 28.7 Å². The molecular formula is C40H32O10. The van der Waals surface area contributed by atoms with Crippen molar-refractivity contribution in [3.8, 4) is 34.1 Å². The van der Waals surface area contributed by atoms with Crippen molar-refractivity contribution in [2.24, 2.45) is 0 Å². The summed E-state index contributed by atoms with van der Waals surface area (Å²) >= 11 is 0. The van der Waals surface area contributed by atoms with Crippen LogP contribution in [0.4, 0.5) is 0 Å². The highest BCUT2D eigenvalue weighted by molar-refractivity contribution is 5.90. The summed E-state index contributed by atoms with van der Waals surface area (Å²) in [5, 5.41) is 0. The second kappa shape index (κ2) is 16.4. The predicted octanol–water partition coefficient (Wildman–Crippen LogP) is 7.19. The lowest BCUT2D eigenvalue weighted by Gasteiger charge is -2.09. The van der Waals surface area contributed by atoms with E-state index in [1.165, 1.54) is 12.2 Å². The summed E-state index contributed by atoms with van der Waals surface area (Å²) in [5.74, 6) is -0.471. The molecule has 0 amide bonds. The SMILES string of the molecule is C=CC(=O)OCOc1ccc(/C=C/C(=O)Oc2ccc3c(c2)C(C)c2cc(OC(=O)/C=C/c4ccc(OCOC(=O)C=C)cc4)ccc2-3)cc1. The van der Waals surface area contributed by atoms with Crippen LogP contribution in [0.25, 0.3) is 23.3 Å². The van der Waals surface area contributed by atoms with Crippen LogP contribution in [0.1, 0.15) is 35.1 Å². The van der Waals surface area contributed by atoms with Crippen molar-refractivity contribution in [3.05, 3.63) is 145 Å². The molecule has 0 fully saturated rings. The average Bonchev–Trinajstić information content (AvgIpc) is 3.40. The fraction of sp³-hybridized carbons (Fsp3) is 0.100. The van der Waals surface area contributed by atoms with Crippen molar-refractivity contribution >= 4 is 36.0 Å². The monoisotopic (exact) mass is 672 g/mol. The van der Waals surface area contributed by atoms with E-state index in [2.05, 4.69) is 13.2 Å². The Morgan fingerprint density at radius 3 is 1.32 bits per heavy atom. The molecule has 50 heavy (non-hydrogen) atoms. The highest BCUT2D eigenvalue weighted by Crippen LogP contribution is 2.47. The van der Waals surface area contributed by atoms with Crippen LogP contribution in [0.3, 0.4) is 0 Å². The number of hydrogen-bond donors (Lipinski definition) is 0. The van der Waals surface area contributed by atoms with Gasteiger partial charge in [-0.05, 0) is 94.1 Å². The van der Waals surface area contributed by atoms with Gasteiger partial charge in [0.25, 0.3) is 0 Å². The molecule has 0 N–H and O–H groups in total. The standard InChI is InChI=1S/C40H32O10/c1-4-37(41)47-24-45-29-12-6-27(7-13-29)10-20-39(43)49-31-16-18-33-34-19-17-32(23-36(34)26(3)35(33)22-31)50-40(44)21-11-28-8-14-30(15-9-28)46-25-48-38(42)5-2/h4-23,26H,1-2,24-25H2,3H3/b20-10+,21-11+. The van der Waals surface area contributed by atoms with Crippen LogP contribution in [0.15, 0.2) is 122 Å². The minimum absolute atomic E-state index is 0.0366. The topological polar surface area (TPSA) is 124 Å². The zero-order valence-corrected chi connectivity index (χ0v) is 27.0. The van der Waals surface area contributed by atoms with Crippen LogP contribution in [0.2, 0.25) is 0 Å². The van der Waals surface area contributed by atoms with Crippen LogP contribution < -0.4 is 18.9 Å². The van der Waals surface area contributed by atoms with E-state index in [0.29, 0.717) is 23.0 Å². The van der Waals surface area contributed by atoms with Gasteiger partial charge < -0.3 is 28.4 Å². The summed E-state index contributed by atoms with van der Waals surface area (Å²) < 4.78 is 31.4. The van der Waals surface area contributed by atoms with E-state index in [9.17, 15) is 19.2 Å². The van der Waals surface area contributed by atoms with Gasteiger partial charge in [0.15, 0.2) is 0 Å². The molecule has 1 aliphatic rings. The Morgan fingerprint density at radius 1 is 0.560 bits per heavy atom. The van der Waals surface area contributed by atoms with Crippen molar-refractivity contribution < 1.29 is 47.6 Å². The van der Waals surface area contributed by atoms with E-state index >= 15 is 0 Å². The average molecular weight is 673 g/mol. The van der Waals surface area contributed by atoms with E-state index in [-0.39, 0.29) is 19.5 Å². The van der Waals surface area contributed by atoms with Crippen LogP contribution in [0, 0.1) is 0 Å². The summed E-state index contributed by atoms with van der Waals surface area (Å²) in [5.41, 5.74) is 5.47. The van der Waals surface area contributed by atoms with Gasteiger partial charge in [0.05, 0.1) is 0 Å². The molecule has 10 nitrogen and oxygen atoms in total. The first-order valence-corrected chi connectivity index (χ1v) is 15.3. The number of ether oxygens (including phenoxy) is 6. The summed E-state index contributed by atoms with van der Waals surface area (Å²) in [6.07, 6.45) is 8.00. The molecule has 4 aromatic rings. The maximum absolute atomic E-state index is 12.6. The Kier molecular flexibility index (Phi) is 11.4. The number of esters is 4. The molecule has 0 saturated heterocycles. The highest BCUT2D eigenvalue weighted by atomic mass is 16.7. The molecule has 10 heteroatoms. The lowest BCUT2D eigenvalue weighted by molar-refractivity contribution is -0.145. The maximum Gasteiger partial charge on any atom is 0.336 e. The Balaban J connectivity index is 1.13. The van der Waals surface area contributed by atoms with Crippen LogP contribution >= 0.6 is 0 Å². The van der Waals surface area contributed by atoms with Gasteiger partial charge in [-0.15, -0.1) is 0 Å². The summed E-state index contributed by atoms with van der Waals surface area (Å²) in [6, 6.07) is 24.7. The van der Waals surface area contributed by atoms with Gasteiger partial charge in [-0.1, -0.05) is 56.5 Å². The molecule has 0 aliphatic heterocycles. The zero-order chi connectivity index (χ0) is 35.5. The van der Waals surface area contributed by atoms with Gasteiger partial charge >= 0.3 is 23.9 Å². The van der Waals surface area contributed by atoms with E-state index < -0.39 is 23.9 Å². The third-order valence-corrected chi connectivity index (χ3v) is 7.48. The van der Waals surface area contributed by atoms with Crippen molar-refractivity contribution in [1.29, 1.82) is 0 Å². The zero-order valence-electron chi connectivity index (χ0n) is 27.0. The quantitative estimate of drug-likeness (QED) is 0.0589. The van der Waals surface area contributed by atoms with Gasteiger partial charge in [-0.3, -0.25) is 0 Å². The summed E-state index contributed by atoms with van der Waals surface area (Å²) in [7, 11) is 0. The molecule has 252 valence electrons. The lowest BCUT2D eigenvalue weighted by Crippen LogP contribution is -2.07. The Morgan fingerprint density at radius 2 is 0.940 bits per heavy atom. The molecule has 4 aromatic carbocycles. The fourth-order valence-electron chi connectivity index (χ4n) is 4.99. The van der Waals surface area contributed by atoms with Crippen molar-refractivity contribution in [3.63, 3.8) is 0 Å². The van der Waals surface area contributed by atoms with Crippen molar-refractivity contribution in [2.75, 3.05) is 13.6 Å². The van der Waals surface area contributed by atoms with Crippen LogP contribution in [0.5, 0.6) is 23.0 Å². The molecule has 0 saturated carbocycles. The first-order chi connectivity index (χ1) is 24.2. The van der Waals surface area contributed by atoms with Gasteiger partial charge in [-0.2, -0.15) is 0 Å². The van der Waals surface area contributed by atoms with E-state index in [4.69, 9.17) is 28.4 Å². The van der Waals surface area contributed by atoms with Gasteiger partial charge in [0.1, 0.15) is 23.0 Å². The number of hydrogen-bond acceptors (Lipinski definition) is 10. The van der Waals surface area contributed by atoms with E-state index in [1.807, 2.05) is 31.2 Å². The number of carbonyl (C=O) groups is 4. The molecule has 0 unspecified atom stereocenters. The predicted molar refractivity (Wildman–Crippen MR) is 185 cm³/mol. The normalized spacial score (nSPS) is 11.7. The maximum atomic E-state index is 12.6. The molecule has 0 atom stereocenters. The number of rotatable bonds is 14. The summed E-state index contributed by atoms with van der Waals surface area (Å²) in [4.78, 5) is 47.4. The molecule has 1 aliphatic carbocycles.